The number of benzene rings is 1. The van der Waals surface area contributed by atoms with E-state index in [-0.39, 0.29) is 6.23 Å². The Morgan fingerprint density at radius 1 is 1.19 bits per heavy atom. The highest BCUT2D eigenvalue weighted by atomic mass is 16.5. The lowest BCUT2D eigenvalue weighted by molar-refractivity contribution is 0.109. The van der Waals surface area contributed by atoms with E-state index in [9.17, 15) is 0 Å². The lowest BCUT2D eigenvalue weighted by Crippen LogP contribution is -2.36. The van der Waals surface area contributed by atoms with Gasteiger partial charge in [0.25, 0.3) is 0 Å². The van der Waals surface area contributed by atoms with Gasteiger partial charge in [0.1, 0.15) is 5.75 Å². The molecule has 0 bridgehead atoms. The molecule has 16 heavy (non-hydrogen) atoms. The minimum Gasteiger partial charge on any atom is -0.466 e. The van der Waals surface area contributed by atoms with E-state index in [1.54, 1.807) is 0 Å². The molecular formula is C14H13NO. The van der Waals surface area contributed by atoms with Crippen LogP contribution < -0.4 is 4.74 Å². The van der Waals surface area contributed by atoms with Crippen molar-refractivity contribution < 1.29 is 4.74 Å². The van der Waals surface area contributed by atoms with Gasteiger partial charge in [0.05, 0.1) is 0 Å². The van der Waals surface area contributed by atoms with Crippen molar-refractivity contribution in [3.05, 3.63) is 60.3 Å². The van der Waals surface area contributed by atoms with Crippen LogP contribution in [0.2, 0.25) is 0 Å². The lowest BCUT2D eigenvalue weighted by atomic mass is 10.1. The number of hydrogen-bond donors (Lipinski definition) is 0. The normalized spacial score (nSPS) is 21.8. The predicted octanol–water partition coefficient (Wildman–Crippen LogP) is 2.80. The van der Waals surface area contributed by atoms with Crippen LogP contribution in [0.3, 0.4) is 0 Å². The molecule has 0 aromatic heterocycles. The number of allylic oxidation sites excluding steroid dienone is 2. The molecule has 2 nitrogen and oxygen atoms in total. The fourth-order valence-electron chi connectivity index (χ4n) is 1.93. The average Bonchev–Trinajstić information content (AvgIpc) is 2.39. The highest BCUT2D eigenvalue weighted by Gasteiger charge is 2.18. The van der Waals surface area contributed by atoms with Crippen LogP contribution in [0.4, 0.5) is 0 Å². The van der Waals surface area contributed by atoms with Gasteiger partial charge in [-0.05, 0) is 24.3 Å². The summed E-state index contributed by atoms with van der Waals surface area (Å²) in [6.07, 6.45) is 12.5. The maximum absolute atomic E-state index is 5.93. The van der Waals surface area contributed by atoms with E-state index in [0.717, 1.165) is 17.9 Å². The molecule has 1 aromatic rings. The van der Waals surface area contributed by atoms with Gasteiger partial charge in [-0.25, -0.2) is 0 Å². The average molecular weight is 211 g/mol. The summed E-state index contributed by atoms with van der Waals surface area (Å²) in [6.45, 7) is 0.897. The molecule has 2 aliphatic heterocycles. The molecule has 0 amide bonds. The molecule has 0 fully saturated rings. The number of para-hydroxylation sites is 1. The Bertz CT molecular complexity index is 473. The molecule has 0 aliphatic carbocycles. The van der Waals surface area contributed by atoms with E-state index < -0.39 is 0 Å². The number of rotatable bonds is 1. The number of ether oxygens (including phenoxy) is 1. The molecule has 3 rings (SSSR count). The molecule has 80 valence electrons. The Morgan fingerprint density at radius 2 is 2.12 bits per heavy atom. The Hall–Kier alpha value is -1.96. The zero-order valence-corrected chi connectivity index (χ0v) is 8.91. The second kappa shape index (κ2) is 3.89. The van der Waals surface area contributed by atoms with Crippen LogP contribution in [0.1, 0.15) is 5.56 Å². The van der Waals surface area contributed by atoms with Gasteiger partial charge in [0, 0.05) is 18.3 Å². The second-order valence-corrected chi connectivity index (χ2v) is 3.87. The van der Waals surface area contributed by atoms with Gasteiger partial charge < -0.3 is 9.64 Å². The maximum atomic E-state index is 5.93. The Balaban J connectivity index is 1.83. The molecular weight excluding hydrogens is 198 g/mol. The summed E-state index contributed by atoms with van der Waals surface area (Å²) in [5.41, 5.74) is 1.15. The number of fused-ring (bicyclic) bond motifs is 1. The van der Waals surface area contributed by atoms with Crippen LogP contribution in [0, 0.1) is 0 Å². The second-order valence-electron chi connectivity index (χ2n) is 3.87. The van der Waals surface area contributed by atoms with Gasteiger partial charge in [-0.2, -0.15) is 0 Å². The van der Waals surface area contributed by atoms with Crippen molar-refractivity contribution in [2.24, 2.45) is 0 Å². The van der Waals surface area contributed by atoms with Crippen molar-refractivity contribution in [3.8, 4) is 5.75 Å². The summed E-state index contributed by atoms with van der Waals surface area (Å²) in [7, 11) is 0. The summed E-state index contributed by atoms with van der Waals surface area (Å²) in [5.74, 6) is 0.956. The van der Waals surface area contributed by atoms with Gasteiger partial charge >= 0.3 is 0 Å². The van der Waals surface area contributed by atoms with Crippen molar-refractivity contribution >= 4 is 6.08 Å². The van der Waals surface area contributed by atoms with Crippen molar-refractivity contribution in [2.75, 3.05) is 6.54 Å². The van der Waals surface area contributed by atoms with Gasteiger partial charge in [-0.1, -0.05) is 30.4 Å². The fraction of sp³-hybridized carbons (Fsp3) is 0.143. The van der Waals surface area contributed by atoms with Crippen molar-refractivity contribution in [1.29, 1.82) is 0 Å². The molecule has 0 N–H and O–H groups in total. The Kier molecular flexibility index (Phi) is 2.26. The molecule has 0 saturated carbocycles. The fourth-order valence-corrected chi connectivity index (χ4v) is 1.93. The highest BCUT2D eigenvalue weighted by molar-refractivity contribution is 5.59. The third kappa shape index (κ3) is 1.63. The SMILES string of the molecule is C1=CCN(C2C=Cc3ccccc3O2)C=C1. The molecule has 2 aliphatic rings. The standard InChI is InChI=1S/C14H13NO/c1-4-10-15(11-5-1)14-9-8-12-6-2-3-7-13(12)16-14/h1-10,14H,11H2. The topological polar surface area (TPSA) is 12.5 Å². The van der Waals surface area contributed by atoms with E-state index in [1.807, 2.05) is 24.3 Å². The van der Waals surface area contributed by atoms with Crippen molar-refractivity contribution in [3.63, 3.8) is 0 Å². The first kappa shape index (κ1) is 9.28. The lowest BCUT2D eigenvalue weighted by Gasteiger charge is -2.31. The van der Waals surface area contributed by atoms with Gasteiger partial charge in [0.2, 0.25) is 0 Å². The summed E-state index contributed by atoms with van der Waals surface area (Å²) in [5, 5.41) is 0. The zero-order chi connectivity index (χ0) is 10.8. The van der Waals surface area contributed by atoms with Crippen LogP contribution >= 0.6 is 0 Å². The third-order valence-electron chi connectivity index (χ3n) is 2.77. The van der Waals surface area contributed by atoms with Gasteiger partial charge in [0.15, 0.2) is 6.23 Å². The van der Waals surface area contributed by atoms with Crippen LogP contribution in [0.15, 0.2) is 54.8 Å². The smallest absolute Gasteiger partial charge is 0.192 e. The first-order chi connectivity index (χ1) is 7.93. The van der Waals surface area contributed by atoms with Gasteiger partial charge in [-0.3, -0.25) is 0 Å². The van der Waals surface area contributed by atoms with E-state index in [4.69, 9.17) is 4.74 Å². The minimum atomic E-state index is 0.0103. The van der Waals surface area contributed by atoms with E-state index >= 15 is 0 Å². The first-order valence-electron chi connectivity index (χ1n) is 5.46. The molecule has 0 saturated heterocycles. The largest absolute Gasteiger partial charge is 0.466 e. The summed E-state index contributed by atoms with van der Waals surface area (Å²) < 4.78 is 5.93. The summed E-state index contributed by atoms with van der Waals surface area (Å²) in [4.78, 5) is 2.16. The number of hydrogen-bond acceptors (Lipinski definition) is 2. The molecule has 0 radical (unpaired) electrons. The molecule has 1 aromatic carbocycles. The van der Waals surface area contributed by atoms with Crippen LogP contribution in [0.25, 0.3) is 6.08 Å². The van der Waals surface area contributed by atoms with E-state index in [0.29, 0.717) is 0 Å². The van der Waals surface area contributed by atoms with Crippen molar-refractivity contribution in [2.45, 2.75) is 6.23 Å². The molecule has 2 heteroatoms. The number of nitrogens with zero attached hydrogens (tertiary/aromatic N) is 1. The summed E-state index contributed by atoms with van der Waals surface area (Å²) >= 11 is 0. The van der Waals surface area contributed by atoms with Crippen LogP contribution in [-0.4, -0.2) is 17.7 Å². The zero-order valence-electron chi connectivity index (χ0n) is 8.91. The minimum absolute atomic E-state index is 0.0103. The Labute approximate surface area is 95.1 Å². The van der Waals surface area contributed by atoms with Crippen molar-refractivity contribution in [1.82, 2.24) is 4.90 Å². The third-order valence-corrected chi connectivity index (χ3v) is 2.77. The van der Waals surface area contributed by atoms with E-state index in [1.165, 1.54) is 0 Å². The molecule has 2 heterocycles. The summed E-state index contributed by atoms with van der Waals surface area (Å²) in [6, 6.07) is 8.10. The molecule has 0 spiro atoms. The van der Waals surface area contributed by atoms with Crippen LogP contribution in [-0.2, 0) is 0 Å². The maximum Gasteiger partial charge on any atom is 0.192 e. The highest BCUT2D eigenvalue weighted by Crippen LogP contribution is 2.26. The van der Waals surface area contributed by atoms with E-state index in [2.05, 4.69) is 41.5 Å². The van der Waals surface area contributed by atoms with Gasteiger partial charge in [-0.15, -0.1) is 0 Å². The first-order valence-corrected chi connectivity index (χ1v) is 5.46. The molecule has 1 unspecified atom stereocenters. The van der Waals surface area contributed by atoms with Crippen LogP contribution in [0.5, 0.6) is 5.75 Å². The monoisotopic (exact) mass is 211 g/mol. The molecule has 1 atom stereocenters. The quantitative estimate of drug-likeness (QED) is 0.708. The predicted molar refractivity (Wildman–Crippen MR) is 64.9 cm³/mol. The Morgan fingerprint density at radius 3 is 3.00 bits per heavy atom.